The van der Waals surface area contributed by atoms with E-state index in [1.54, 1.807) is 31.2 Å². The van der Waals surface area contributed by atoms with Crippen LogP contribution in [0.5, 0.6) is 5.75 Å². The normalized spacial score (nSPS) is 10.6. The number of hydrogen-bond acceptors (Lipinski definition) is 8. The Hall–Kier alpha value is -5.07. The lowest BCUT2D eigenvalue weighted by Gasteiger charge is -2.10. The molecule has 36 heavy (non-hydrogen) atoms. The van der Waals surface area contributed by atoms with Crippen molar-refractivity contribution in [1.82, 2.24) is 19.6 Å². The van der Waals surface area contributed by atoms with Crippen molar-refractivity contribution in [2.75, 3.05) is 11.9 Å². The van der Waals surface area contributed by atoms with Gasteiger partial charge in [-0.15, -0.1) is 0 Å². The molecule has 2 aromatic carbocycles. The second kappa shape index (κ2) is 10.5. The van der Waals surface area contributed by atoms with Crippen LogP contribution in [0.1, 0.15) is 27.8 Å². The van der Waals surface area contributed by atoms with Gasteiger partial charge < -0.3 is 14.8 Å². The van der Waals surface area contributed by atoms with Gasteiger partial charge in [0.1, 0.15) is 11.4 Å². The predicted octanol–water partition coefficient (Wildman–Crippen LogP) is 3.58. The lowest BCUT2D eigenvalue weighted by Crippen LogP contribution is -2.19. The van der Waals surface area contributed by atoms with Crippen molar-refractivity contribution in [3.63, 3.8) is 0 Å². The SMILES string of the molecule is CCOC(=O)c1cnn(-c2ccccc2)c1NC(=O)c1ccn(COc2cc(F)ccc2[N+](=O)[O-])n1. The quantitative estimate of drug-likeness (QED) is 0.211. The summed E-state index contributed by atoms with van der Waals surface area (Å²) < 4.78 is 26.5. The van der Waals surface area contributed by atoms with Crippen LogP contribution >= 0.6 is 0 Å². The molecule has 0 atom stereocenters. The summed E-state index contributed by atoms with van der Waals surface area (Å²) in [6.45, 7) is 1.47. The second-order valence-electron chi connectivity index (χ2n) is 7.21. The fraction of sp³-hybridized carbons (Fsp3) is 0.130. The first-order chi connectivity index (χ1) is 17.4. The average Bonchev–Trinajstić information content (AvgIpc) is 3.51. The molecule has 0 saturated heterocycles. The number of esters is 1. The van der Waals surface area contributed by atoms with E-state index in [1.807, 2.05) is 6.07 Å². The Kier molecular flexibility index (Phi) is 6.99. The molecule has 0 aliphatic carbocycles. The van der Waals surface area contributed by atoms with Crippen molar-refractivity contribution in [2.45, 2.75) is 13.7 Å². The molecule has 0 aliphatic rings. The smallest absolute Gasteiger partial charge is 0.343 e. The Morgan fingerprint density at radius 1 is 1.17 bits per heavy atom. The Morgan fingerprint density at radius 2 is 1.94 bits per heavy atom. The van der Waals surface area contributed by atoms with Crippen molar-refractivity contribution in [3.05, 3.63) is 94.2 Å². The van der Waals surface area contributed by atoms with Crippen LogP contribution in [0.4, 0.5) is 15.9 Å². The maximum absolute atomic E-state index is 13.5. The van der Waals surface area contributed by atoms with Crippen molar-refractivity contribution in [1.29, 1.82) is 0 Å². The molecule has 2 heterocycles. The van der Waals surface area contributed by atoms with Crippen LogP contribution in [0, 0.1) is 15.9 Å². The summed E-state index contributed by atoms with van der Waals surface area (Å²) in [4.78, 5) is 35.8. The Balaban J connectivity index is 1.54. The second-order valence-corrected chi connectivity index (χ2v) is 7.21. The maximum Gasteiger partial charge on any atom is 0.343 e. The molecule has 1 amide bonds. The number of carbonyl (C=O) groups is 2. The van der Waals surface area contributed by atoms with Crippen LogP contribution in [-0.2, 0) is 11.5 Å². The monoisotopic (exact) mass is 494 g/mol. The minimum atomic E-state index is -0.705. The van der Waals surface area contributed by atoms with Gasteiger partial charge in [0, 0.05) is 18.3 Å². The zero-order valence-electron chi connectivity index (χ0n) is 18.8. The average molecular weight is 494 g/mol. The van der Waals surface area contributed by atoms with E-state index in [1.165, 1.54) is 27.8 Å². The van der Waals surface area contributed by atoms with Crippen LogP contribution < -0.4 is 10.1 Å². The molecule has 0 fully saturated rings. The van der Waals surface area contributed by atoms with Crippen molar-refractivity contribution in [2.24, 2.45) is 0 Å². The molecule has 0 radical (unpaired) electrons. The largest absolute Gasteiger partial charge is 0.464 e. The number of nitro benzene ring substituents is 1. The maximum atomic E-state index is 13.5. The van der Waals surface area contributed by atoms with E-state index in [0.29, 0.717) is 5.69 Å². The number of ether oxygens (including phenoxy) is 2. The van der Waals surface area contributed by atoms with E-state index in [2.05, 4.69) is 15.5 Å². The van der Waals surface area contributed by atoms with E-state index >= 15 is 0 Å². The highest BCUT2D eigenvalue weighted by Crippen LogP contribution is 2.27. The van der Waals surface area contributed by atoms with Gasteiger partial charge in [0.15, 0.2) is 18.2 Å². The number of carbonyl (C=O) groups excluding carboxylic acids is 2. The van der Waals surface area contributed by atoms with Crippen molar-refractivity contribution in [3.8, 4) is 11.4 Å². The van der Waals surface area contributed by atoms with Crippen LogP contribution in [0.2, 0.25) is 0 Å². The molecule has 4 rings (SSSR count). The zero-order chi connectivity index (χ0) is 25.7. The summed E-state index contributed by atoms with van der Waals surface area (Å²) in [5.41, 5.74) is 0.194. The molecular weight excluding hydrogens is 475 g/mol. The summed E-state index contributed by atoms with van der Waals surface area (Å²) in [5.74, 6) is -2.22. The van der Waals surface area contributed by atoms with Crippen LogP contribution in [0.25, 0.3) is 5.69 Å². The number of para-hydroxylation sites is 1. The van der Waals surface area contributed by atoms with E-state index in [-0.39, 0.29) is 36.2 Å². The number of nitrogens with one attached hydrogen (secondary N) is 1. The molecular formula is C23H19FN6O6. The summed E-state index contributed by atoms with van der Waals surface area (Å²) in [7, 11) is 0. The van der Waals surface area contributed by atoms with Gasteiger partial charge in [0.25, 0.3) is 5.91 Å². The van der Waals surface area contributed by atoms with E-state index < -0.39 is 28.3 Å². The van der Waals surface area contributed by atoms with Gasteiger partial charge in [-0.1, -0.05) is 18.2 Å². The number of halogens is 1. The zero-order valence-corrected chi connectivity index (χ0v) is 18.8. The van der Waals surface area contributed by atoms with E-state index in [4.69, 9.17) is 9.47 Å². The minimum absolute atomic E-state index is 0.0389. The van der Waals surface area contributed by atoms with Gasteiger partial charge >= 0.3 is 11.7 Å². The van der Waals surface area contributed by atoms with Gasteiger partial charge in [-0.3, -0.25) is 14.9 Å². The molecule has 4 aromatic rings. The fourth-order valence-electron chi connectivity index (χ4n) is 3.21. The first kappa shape index (κ1) is 24.1. The first-order valence-electron chi connectivity index (χ1n) is 10.6. The van der Waals surface area contributed by atoms with Crippen molar-refractivity contribution < 1.29 is 28.4 Å². The highest BCUT2D eigenvalue weighted by Gasteiger charge is 2.23. The molecule has 0 saturated carbocycles. The first-order valence-corrected chi connectivity index (χ1v) is 10.6. The predicted molar refractivity (Wildman–Crippen MR) is 123 cm³/mol. The van der Waals surface area contributed by atoms with Crippen LogP contribution in [0.15, 0.2) is 67.0 Å². The number of benzene rings is 2. The number of rotatable bonds is 9. The molecule has 184 valence electrons. The number of amides is 1. The number of aromatic nitrogens is 4. The number of nitrogens with zero attached hydrogens (tertiary/aromatic N) is 5. The summed E-state index contributed by atoms with van der Waals surface area (Å²) >= 11 is 0. The van der Waals surface area contributed by atoms with Gasteiger partial charge in [-0.25, -0.2) is 18.5 Å². The van der Waals surface area contributed by atoms with E-state index in [9.17, 15) is 24.1 Å². The summed E-state index contributed by atoms with van der Waals surface area (Å²) in [6.07, 6.45) is 2.69. The van der Waals surface area contributed by atoms with E-state index in [0.717, 1.165) is 18.2 Å². The molecule has 0 unspecified atom stereocenters. The third kappa shape index (κ3) is 5.19. The summed E-state index contributed by atoms with van der Waals surface area (Å²) in [6, 6.07) is 13.1. The highest BCUT2D eigenvalue weighted by molar-refractivity contribution is 6.06. The molecule has 2 aromatic heterocycles. The van der Waals surface area contributed by atoms with Gasteiger partial charge in [-0.05, 0) is 31.2 Å². The van der Waals surface area contributed by atoms with Crippen LogP contribution in [-0.4, -0.2) is 43.0 Å². The standard InChI is InChI=1S/C23H19FN6O6/c1-2-35-23(32)17-13-25-29(16-6-4-3-5-7-16)21(17)26-22(31)18-10-11-28(27-18)14-36-20-12-15(24)8-9-19(20)30(33)34/h3-13H,2,14H2,1H3,(H,26,31). The summed E-state index contributed by atoms with van der Waals surface area (Å²) in [5, 5.41) is 22.1. The van der Waals surface area contributed by atoms with Crippen molar-refractivity contribution >= 4 is 23.4 Å². The topological polar surface area (TPSA) is 143 Å². The molecule has 12 nitrogen and oxygen atoms in total. The molecule has 13 heteroatoms. The lowest BCUT2D eigenvalue weighted by molar-refractivity contribution is -0.386. The number of hydrogen-bond donors (Lipinski definition) is 1. The molecule has 0 bridgehead atoms. The fourth-order valence-corrected chi connectivity index (χ4v) is 3.21. The van der Waals surface area contributed by atoms with Gasteiger partial charge in [0.05, 0.1) is 23.4 Å². The third-order valence-corrected chi connectivity index (χ3v) is 4.84. The van der Waals surface area contributed by atoms with Crippen LogP contribution in [0.3, 0.4) is 0 Å². The Labute approximate surface area is 203 Å². The Bertz CT molecular complexity index is 1420. The number of nitro groups is 1. The lowest BCUT2D eigenvalue weighted by atomic mass is 10.3. The van der Waals surface area contributed by atoms with Gasteiger partial charge in [0.2, 0.25) is 5.75 Å². The molecule has 1 N–H and O–H groups in total. The minimum Gasteiger partial charge on any atom is -0.464 e. The third-order valence-electron chi connectivity index (χ3n) is 4.84. The highest BCUT2D eigenvalue weighted by atomic mass is 19.1. The molecule has 0 aliphatic heterocycles. The number of anilines is 1. The Morgan fingerprint density at radius 3 is 2.67 bits per heavy atom. The van der Waals surface area contributed by atoms with Gasteiger partial charge in [-0.2, -0.15) is 10.2 Å². The molecule has 0 spiro atoms.